The van der Waals surface area contributed by atoms with Gasteiger partial charge in [-0.2, -0.15) is 0 Å². The smallest absolute Gasteiger partial charge is 0.241 e. The number of primary amides is 1. The zero-order chi connectivity index (χ0) is 9.78. The minimum atomic E-state index is -0.387. The standard InChI is InChI=1S/C9H18N2O/c1-9(2,7-11(3)4)6-5-8(10)12/h5-6H,7H2,1-4H3,(H2,10,12)/b6-5+. The minimum absolute atomic E-state index is 0.00146. The molecule has 0 aliphatic carbocycles. The van der Waals surface area contributed by atoms with Gasteiger partial charge in [-0.3, -0.25) is 4.79 Å². The molecule has 3 nitrogen and oxygen atoms in total. The molecular formula is C9H18N2O. The molecule has 0 bridgehead atoms. The quantitative estimate of drug-likeness (QED) is 0.628. The third kappa shape index (κ3) is 5.92. The highest BCUT2D eigenvalue weighted by Gasteiger charge is 2.14. The molecule has 0 unspecified atom stereocenters. The second-order valence-corrected chi connectivity index (χ2v) is 3.96. The van der Waals surface area contributed by atoms with Crippen molar-refractivity contribution in [3.63, 3.8) is 0 Å². The van der Waals surface area contributed by atoms with Crippen molar-refractivity contribution in [1.29, 1.82) is 0 Å². The van der Waals surface area contributed by atoms with Gasteiger partial charge >= 0.3 is 0 Å². The zero-order valence-electron chi connectivity index (χ0n) is 8.29. The monoisotopic (exact) mass is 170 g/mol. The van der Waals surface area contributed by atoms with Gasteiger partial charge in [0.2, 0.25) is 5.91 Å². The second-order valence-electron chi connectivity index (χ2n) is 3.96. The first-order valence-corrected chi connectivity index (χ1v) is 3.97. The molecule has 0 aliphatic rings. The van der Waals surface area contributed by atoms with Crippen LogP contribution in [0, 0.1) is 5.41 Å². The lowest BCUT2D eigenvalue weighted by Gasteiger charge is -2.24. The van der Waals surface area contributed by atoms with Crippen molar-refractivity contribution in [2.45, 2.75) is 13.8 Å². The van der Waals surface area contributed by atoms with Crippen LogP contribution in [0.25, 0.3) is 0 Å². The van der Waals surface area contributed by atoms with E-state index in [0.29, 0.717) is 0 Å². The van der Waals surface area contributed by atoms with Gasteiger partial charge in [0.1, 0.15) is 0 Å². The molecule has 0 spiro atoms. The molecule has 0 aromatic carbocycles. The zero-order valence-corrected chi connectivity index (χ0v) is 8.29. The second kappa shape index (κ2) is 4.26. The van der Waals surface area contributed by atoms with Gasteiger partial charge in [-0.15, -0.1) is 0 Å². The van der Waals surface area contributed by atoms with Gasteiger partial charge in [0.15, 0.2) is 0 Å². The van der Waals surface area contributed by atoms with E-state index >= 15 is 0 Å². The summed E-state index contributed by atoms with van der Waals surface area (Å²) in [6.07, 6.45) is 3.26. The Morgan fingerprint density at radius 2 is 2.00 bits per heavy atom. The van der Waals surface area contributed by atoms with Gasteiger partial charge < -0.3 is 10.6 Å². The molecule has 0 atom stereocenters. The lowest BCUT2D eigenvalue weighted by Crippen LogP contribution is -2.27. The van der Waals surface area contributed by atoms with Crippen molar-refractivity contribution in [2.75, 3.05) is 20.6 Å². The molecule has 0 aromatic heterocycles. The Hall–Kier alpha value is -0.830. The van der Waals surface area contributed by atoms with E-state index in [4.69, 9.17) is 5.73 Å². The van der Waals surface area contributed by atoms with Crippen molar-refractivity contribution < 1.29 is 4.79 Å². The number of hydrogen-bond acceptors (Lipinski definition) is 2. The van der Waals surface area contributed by atoms with Crippen LogP contribution in [-0.2, 0) is 4.79 Å². The van der Waals surface area contributed by atoms with Crippen LogP contribution in [0.15, 0.2) is 12.2 Å². The van der Waals surface area contributed by atoms with Gasteiger partial charge in [-0.05, 0) is 25.6 Å². The van der Waals surface area contributed by atoms with Crippen molar-refractivity contribution in [1.82, 2.24) is 4.90 Å². The van der Waals surface area contributed by atoms with E-state index < -0.39 is 0 Å². The largest absolute Gasteiger partial charge is 0.366 e. The van der Waals surface area contributed by atoms with E-state index in [-0.39, 0.29) is 11.3 Å². The summed E-state index contributed by atoms with van der Waals surface area (Å²) in [4.78, 5) is 12.5. The van der Waals surface area contributed by atoms with Gasteiger partial charge in [-0.25, -0.2) is 0 Å². The average molecular weight is 170 g/mol. The molecule has 1 amide bonds. The molecule has 12 heavy (non-hydrogen) atoms. The topological polar surface area (TPSA) is 46.3 Å². The Morgan fingerprint density at radius 3 is 2.33 bits per heavy atom. The molecule has 70 valence electrons. The molecule has 0 saturated carbocycles. The third-order valence-electron chi connectivity index (χ3n) is 1.42. The van der Waals surface area contributed by atoms with E-state index in [1.165, 1.54) is 6.08 Å². The molecular weight excluding hydrogens is 152 g/mol. The summed E-state index contributed by atoms with van der Waals surface area (Å²) in [7, 11) is 4.00. The summed E-state index contributed by atoms with van der Waals surface area (Å²) in [5.41, 5.74) is 4.99. The average Bonchev–Trinajstić information content (AvgIpc) is 1.81. The number of nitrogens with zero attached hydrogens (tertiary/aromatic N) is 1. The van der Waals surface area contributed by atoms with Gasteiger partial charge in [-0.1, -0.05) is 19.9 Å². The van der Waals surface area contributed by atoms with Crippen LogP contribution in [0.1, 0.15) is 13.8 Å². The maximum Gasteiger partial charge on any atom is 0.241 e. The predicted molar refractivity (Wildman–Crippen MR) is 50.7 cm³/mol. The summed E-state index contributed by atoms with van der Waals surface area (Å²) in [6, 6.07) is 0. The van der Waals surface area contributed by atoms with Crippen LogP contribution >= 0.6 is 0 Å². The van der Waals surface area contributed by atoms with E-state index in [0.717, 1.165) is 6.54 Å². The first kappa shape index (κ1) is 11.2. The van der Waals surface area contributed by atoms with E-state index in [2.05, 4.69) is 18.7 Å². The number of carbonyl (C=O) groups excluding carboxylic acids is 1. The minimum Gasteiger partial charge on any atom is -0.366 e. The number of rotatable bonds is 4. The summed E-state index contributed by atoms with van der Waals surface area (Å²) in [6.45, 7) is 5.02. The van der Waals surface area contributed by atoms with Crippen LogP contribution in [0.2, 0.25) is 0 Å². The lowest BCUT2D eigenvalue weighted by atomic mass is 9.92. The number of carbonyl (C=O) groups is 1. The van der Waals surface area contributed by atoms with Crippen molar-refractivity contribution in [3.8, 4) is 0 Å². The SMILES string of the molecule is CN(C)CC(C)(C)/C=C/C(N)=O. The highest BCUT2D eigenvalue weighted by atomic mass is 16.1. The van der Waals surface area contributed by atoms with Crippen LogP contribution in [0.5, 0.6) is 0 Å². The Bertz CT molecular complexity index is 183. The van der Waals surface area contributed by atoms with Gasteiger partial charge in [0.25, 0.3) is 0 Å². The van der Waals surface area contributed by atoms with E-state index in [9.17, 15) is 4.79 Å². The number of amides is 1. The molecule has 0 radical (unpaired) electrons. The third-order valence-corrected chi connectivity index (χ3v) is 1.42. The van der Waals surface area contributed by atoms with Crippen molar-refractivity contribution >= 4 is 5.91 Å². The fourth-order valence-corrected chi connectivity index (χ4v) is 1.18. The molecule has 0 aromatic rings. The van der Waals surface area contributed by atoms with Gasteiger partial charge in [0, 0.05) is 6.54 Å². The molecule has 0 fully saturated rings. The Morgan fingerprint density at radius 1 is 1.50 bits per heavy atom. The summed E-state index contributed by atoms with van der Waals surface area (Å²) < 4.78 is 0. The molecule has 3 heteroatoms. The maximum atomic E-state index is 10.5. The highest BCUT2D eigenvalue weighted by Crippen LogP contribution is 2.17. The first-order valence-electron chi connectivity index (χ1n) is 3.97. The Kier molecular flexibility index (Phi) is 3.96. The predicted octanol–water partition coefficient (Wildman–Crippen LogP) is 0.616. The van der Waals surface area contributed by atoms with Crippen LogP contribution in [0.4, 0.5) is 0 Å². The van der Waals surface area contributed by atoms with E-state index in [1.807, 2.05) is 20.2 Å². The fourth-order valence-electron chi connectivity index (χ4n) is 1.18. The first-order chi connectivity index (χ1) is 5.33. The molecule has 2 N–H and O–H groups in total. The van der Waals surface area contributed by atoms with Crippen LogP contribution < -0.4 is 5.73 Å². The molecule has 0 rings (SSSR count). The molecule has 0 aliphatic heterocycles. The van der Waals surface area contributed by atoms with Crippen LogP contribution in [-0.4, -0.2) is 31.4 Å². The maximum absolute atomic E-state index is 10.5. The lowest BCUT2D eigenvalue weighted by molar-refractivity contribution is -0.113. The van der Waals surface area contributed by atoms with Crippen molar-refractivity contribution in [2.24, 2.45) is 11.1 Å². The number of nitrogens with two attached hydrogens (primary N) is 1. The summed E-state index contributed by atoms with van der Waals surface area (Å²) in [5.74, 6) is -0.387. The number of hydrogen-bond donors (Lipinski definition) is 1. The van der Waals surface area contributed by atoms with E-state index in [1.54, 1.807) is 0 Å². The molecule has 0 heterocycles. The fraction of sp³-hybridized carbons (Fsp3) is 0.667. The highest BCUT2D eigenvalue weighted by molar-refractivity contribution is 5.85. The van der Waals surface area contributed by atoms with Crippen LogP contribution in [0.3, 0.4) is 0 Å². The normalized spacial score (nSPS) is 12.8. The summed E-state index contributed by atoms with van der Waals surface area (Å²) >= 11 is 0. The Labute approximate surface area is 74.2 Å². The van der Waals surface area contributed by atoms with Crippen molar-refractivity contribution in [3.05, 3.63) is 12.2 Å². The Balaban J connectivity index is 4.12. The van der Waals surface area contributed by atoms with Gasteiger partial charge in [0.05, 0.1) is 0 Å². The molecule has 0 saturated heterocycles. The summed E-state index contributed by atoms with van der Waals surface area (Å²) in [5, 5.41) is 0.